The standard InChI is InChI=1S/C12H14F2N5O13P3/c1-2-11(21)8(13)12(14,3-29-34(25,26)32-35(27,28)31-33(22,23)24)30-9(11)19-4-16-5-6(19)17-10(15)18-7(5)20/h1,4,8-9,21H,3H2,(H,25,26)(H,27,28)(H2,22,23,24)(H3,15,17,18,20)/t8?,9-,11-,12-/m1/s1. The highest BCUT2D eigenvalue weighted by molar-refractivity contribution is 7.66. The Morgan fingerprint density at radius 1 is 1.29 bits per heavy atom. The number of nitrogen functional groups attached to an aromatic ring is 1. The van der Waals surface area contributed by atoms with Crippen LogP contribution in [0.1, 0.15) is 6.23 Å². The monoisotopic (exact) mass is 567 g/mol. The summed E-state index contributed by atoms with van der Waals surface area (Å²) in [5.74, 6) is -2.77. The van der Waals surface area contributed by atoms with Crippen molar-refractivity contribution in [2.45, 2.75) is 23.9 Å². The number of imidazole rings is 1. The molecule has 35 heavy (non-hydrogen) atoms. The minimum Gasteiger partial charge on any atom is -0.371 e. The Morgan fingerprint density at radius 3 is 2.49 bits per heavy atom. The van der Waals surface area contributed by atoms with Gasteiger partial charge in [-0.05, 0) is 0 Å². The van der Waals surface area contributed by atoms with Gasteiger partial charge in [-0.2, -0.15) is 13.6 Å². The molecule has 0 radical (unpaired) electrons. The molecule has 1 aliphatic heterocycles. The summed E-state index contributed by atoms with van der Waals surface area (Å²) >= 11 is 0. The van der Waals surface area contributed by atoms with E-state index >= 15 is 4.39 Å². The third-order valence-corrected chi connectivity index (χ3v) is 8.01. The third-order valence-electron chi connectivity index (χ3n) is 4.22. The molecule has 194 valence electrons. The van der Waals surface area contributed by atoms with Gasteiger partial charge in [0, 0.05) is 0 Å². The second kappa shape index (κ2) is 8.78. The van der Waals surface area contributed by atoms with Crippen LogP contribution in [0.5, 0.6) is 0 Å². The van der Waals surface area contributed by atoms with Crippen molar-refractivity contribution in [3.63, 3.8) is 0 Å². The average molecular weight is 567 g/mol. The molecule has 1 aliphatic rings. The van der Waals surface area contributed by atoms with E-state index < -0.39 is 76.6 Å². The van der Waals surface area contributed by atoms with Crippen LogP contribution in [0, 0.1) is 12.3 Å². The quantitative estimate of drug-likeness (QED) is 0.148. The van der Waals surface area contributed by atoms with Crippen LogP contribution in [-0.2, 0) is 31.6 Å². The van der Waals surface area contributed by atoms with Crippen molar-refractivity contribution in [2.24, 2.45) is 0 Å². The van der Waals surface area contributed by atoms with Gasteiger partial charge in [-0.3, -0.25) is 18.9 Å². The van der Waals surface area contributed by atoms with E-state index in [1.165, 1.54) is 0 Å². The fourth-order valence-corrected chi connectivity index (χ4v) is 5.93. The fraction of sp³-hybridized carbons (Fsp3) is 0.417. The first-order valence-electron chi connectivity index (χ1n) is 8.54. The first-order valence-corrected chi connectivity index (χ1v) is 13.1. The lowest BCUT2D eigenvalue weighted by molar-refractivity contribution is -0.193. The summed E-state index contributed by atoms with van der Waals surface area (Å²) < 4.78 is 80.5. The Bertz CT molecular complexity index is 1400. The molecule has 3 heterocycles. The lowest BCUT2D eigenvalue weighted by Gasteiger charge is -2.25. The summed E-state index contributed by atoms with van der Waals surface area (Å²) in [4.78, 5) is 56.9. The molecule has 3 unspecified atom stereocenters. The van der Waals surface area contributed by atoms with Crippen LogP contribution in [0.4, 0.5) is 14.7 Å². The van der Waals surface area contributed by atoms with Crippen LogP contribution in [0.15, 0.2) is 11.1 Å². The van der Waals surface area contributed by atoms with Gasteiger partial charge >= 0.3 is 23.5 Å². The number of aliphatic hydroxyl groups is 1. The number of aromatic amines is 1. The molecule has 0 bridgehead atoms. The molecular weight excluding hydrogens is 553 g/mol. The van der Waals surface area contributed by atoms with Gasteiger partial charge in [0.2, 0.25) is 17.7 Å². The number of aromatic nitrogens is 4. The maximum absolute atomic E-state index is 15.3. The van der Waals surface area contributed by atoms with Crippen LogP contribution in [-0.4, -0.2) is 68.4 Å². The highest BCUT2D eigenvalue weighted by Gasteiger charge is 2.67. The number of nitrogens with two attached hydrogens (primary N) is 1. The molecule has 0 aromatic carbocycles. The highest BCUT2D eigenvalue weighted by atomic mass is 31.3. The highest BCUT2D eigenvalue weighted by Crippen LogP contribution is 2.66. The van der Waals surface area contributed by atoms with Gasteiger partial charge in [0.25, 0.3) is 11.4 Å². The molecule has 0 saturated carbocycles. The topological polar surface area (TPSA) is 279 Å². The number of ether oxygens (including phenoxy) is 1. The van der Waals surface area contributed by atoms with Gasteiger partial charge in [0.05, 0.1) is 6.33 Å². The van der Waals surface area contributed by atoms with Crippen molar-refractivity contribution in [1.29, 1.82) is 0 Å². The summed E-state index contributed by atoms with van der Waals surface area (Å²) in [6, 6.07) is 0. The molecule has 2 aromatic rings. The Kier molecular flexibility index (Phi) is 6.90. The van der Waals surface area contributed by atoms with Gasteiger partial charge in [0.15, 0.2) is 17.4 Å². The summed E-state index contributed by atoms with van der Waals surface area (Å²) in [6.45, 7) is -1.94. The number of hydrogen-bond donors (Lipinski definition) is 7. The fourth-order valence-electron chi connectivity index (χ4n) is 2.90. The van der Waals surface area contributed by atoms with E-state index in [-0.39, 0.29) is 0 Å². The summed E-state index contributed by atoms with van der Waals surface area (Å²) in [6.07, 6.45) is 0.437. The van der Waals surface area contributed by atoms with Crippen molar-refractivity contribution < 1.29 is 65.0 Å². The molecule has 1 fully saturated rings. The number of rotatable bonds is 8. The van der Waals surface area contributed by atoms with Crippen molar-refractivity contribution in [2.75, 3.05) is 12.3 Å². The normalized spacial score (nSPS) is 30.6. The number of H-pyrrole nitrogens is 1. The molecule has 0 aliphatic carbocycles. The molecule has 1 saturated heterocycles. The maximum Gasteiger partial charge on any atom is 0.490 e. The smallest absolute Gasteiger partial charge is 0.371 e. The van der Waals surface area contributed by atoms with E-state index in [4.69, 9.17) is 31.6 Å². The number of nitrogens with zero attached hydrogens (tertiary/aromatic N) is 3. The molecular formula is C12H14F2N5O13P3. The number of halogens is 2. The molecule has 8 N–H and O–H groups in total. The van der Waals surface area contributed by atoms with E-state index in [0.717, 1.165) is 6.33 Å². The SMILES string of the molecule is C#C[C@@]1(O)C(F)[C@@](F)(COP(=O)(O)OP(=O)(O)OP(=O)(O)O)O[C@H]1n1cnc2c(=O)[nH]c(N)nc21. The number of nitrogens with one attached hydrogen (secondary N) is 1. The van der Waals surface area contributed by atoms with Crippen molar-refractivity contribution in [3.8, 4) is 12.3 Å². The number of terminal acetylenes is 1. The van der Waals surface area contributed by atoms with Gasteiger partial charge in [-0.1, -0.05) is 5.92 Å². The zero-order chi connectivity index (χ0) is 26.6. The predicted octanol–water partition coefficient (Wildman–Crippen LogP) is -1.06. The number of phosphoric acid groups is 3. The number of alkyl halides is 2. The zero-order valence-electron chi connectivity index (χ0n) is 16.5. The van der Waals surface area contributed by atoms with Crippen LogP contribution in [0.3, 0.4) is 0 Å². The lowest BCUT2D eigenvalue weighted by atomic mass is 9.95. The Labute approximate surface area is 191 Å². The summed E-state index contributed by atoms with van der Waals surface area (Å²) in [5, 5.41) is 10.6. The minimum absolute atomic E-state index is 0.401. The average Bonchev–Trinajstić information content (AvgIpc) is 3.18. The van der Waals surface area contributed by atoms with Gasteiger partial charge in [-0.25, -0.2) is 27.5 Å². The second-order valence-electron chi connectivity index (χ2n) is 6.73. The Balaban J connectivity index is 1.89. The number of phosphoric ester groups is 1. The van der Waals surface area contributed by atoms with Crippen LogP contribution in [0.25, 0.3) is 11.2 Å². The molecule has 6 atom stereocenters. The first-order chi connectivity index (χ1) is 15.8. The van der Waals surface area contributed by atoms with Gasteiger partial charge in [-0.15, -0.1) is 6.42 Å². The molecule has 0 spiro atoms. The van der Waals surface area contributed by atoms with Crippen molar-refractivity contribution >= 4 is 40.6 Å². The second-order valence-corrected chi connectivity index (χ2v) is 11.1. The minimum atomic E-state index is -5.96. The zero-order valence-corrected chi connectivity index (χ0v) is 19.2. The summed E-state index contributed by atoms with van der Waals surface area (Å²) in [7, 11) is -17.6. The van der Waals surface area contributed by atoms with Crippen LogP contribution < -0.4 is 11.3 Å². The van der Waals surface area contributed by atoms with Crippen molar-refractivity contribution in [3.05, 3.63) is 16.7 Å². The number of anilines is 1. The van der Waals surface area contributed by atoms with Crippen LogP contribution in [0.2, 0.25) is 0 Å². The molecule has 0 amide bonds. The largest absolute Gasteiger partial charge is 0.490 e. The Morgan fingerprint density at radius 2 is 1.91 bits per heavy atom. The predicted molar refractivity (Wildman–Crippen MR) is 105 cm³/mol. The van der Waals surface area contributed by atoms with E-state index in [0.29, 0.717) is 4.57 Å². The Hall–Kier alpha value is -2.10. The van der Waals surface area contributed by atoms with E-state index in [1.54, 1.807) is 5.92 Å². The summed E-state index contributed by atoms with van der Waals surface area (Å²) in [5.41, 5.74) is 0.535. The molecule has 3 rings (SSSR count). The van der Waals surface area contributed by atoms with Gasteiger partial charge in [0.1, 0.15) is 6.61 Å². The van der Waals surface area contributed by atoms with E-state index in [1.807, 2.05) is 0 Å². The first kappa shape index (κ1) is 27.5. The van der Waals surface area contributed by atoms with E-state index in [2.05, 4.69) is 28.1 Å². The lowest BCUT2D eigenvalue weighted by Crippen LogP contribution is -2.47. The number of hydrogen-bond acceptors (Lipinski definition) is 12. The molecule has 2 aromatic heterocycles. The molecule has 18 nitrogen and oxygen atoms in total. The van der Waals surface area contributed by atoms with Gasteiger partial charge < -0.3 is 35.2 Å². The maximum atomic E-state index is 15.3. The third kappa shape index (κ3) is 5.52. The molecule has 23 heteroatoms. The van der Waals surface area contributed by atoms with E-state index in [9.17, 15) is 32.9 Å². The van der Waals surface area contributed by atoms with Crippen LogP contribution >= 0.6 is 23.5 Å². The van der Waals surface area contributed by atoms with Crippen molar-refractivity contribution in [1.82, 2.24) is 19.5 Å². The number of fused-ring (bicyclic) bond motifs is 1.